The Morgan fingerprint density at radius 1 is 1.23 bits per heavy atom. The highest BCUT2D eigenvalue weighted by Crippen LogP contribution is 2.15. The second-order valence-corrected chi connectivity index (χ2v) is 2.54. The van der Waals surface area contributed by atoms with E-state index >= 15 is 0 Å². The molecule has 0 unspecified atom stereocenters. The molecule has 0 aliphatic rings. The van der Waals surface area contributed by atoms with Crippen molar-refractivity contribution in [2.75, 3.05) is 12.4 Å². The lowest BCUT2D eigenvalue weighted by Gasteiger charge is -1.90. The van der Waals surface area contributed by atoms with Gasteiger partial charge in [0.1, 0.15) is 0 Å². The maximum Gasteiger partial charge on any atom is 0.321 e. The molecular weight excluding hydrogens is 166 g/mol. The Morgan fingerprint density at radius 3 is 2.62 bits per heavy atom. The molecule has 0 amide bonds. The molecule has 1 aromatic heterocycles. The van der Waals surface area contributed by atoms with Crippen LogP contribution in [0, 0.1) is 0 Å². The van der Waals surface area contributed by atoms with Gasteiger partial charge >= 0.3 is 6.01 Å². The third-order valence-electron chi connectivity index (χ3n) is 1.67. The Bertz CT molecular complexity index is 383. The molecule has 2 aromatic rings. The van der Waals surface area contributed by atoms with Gasteiger partial charge in [0.25, 0.3) is 0 Å². The number of nitrogens with zero attached hydrogens (tertiary/aromatic N) is 2. The summed E-state index contributed by atoms with van der Waals surface area (Å²) in [5.41, 5.74) is 0.952. The molecule has 0 saturated heterocycles. The minimum Gasteiger partial charge on any atom is -0.341 e. The van der Waals surface area contributed by atoms with Gasteiger partial charge in [-0.15, -0.1) is 0 Å². The van der Waals surface area contributed by atoms with Crippen molar-refractivity contribution in [2.45, 2.75) is 0 Å². The van der Waals surface area contributed by atoms with E-state index in [4.69, 9.17) is 4.52 Å². The van der Waals surface area contributed by atoms with Gasteiger partial charge in [-0.25, -0.2) is 0 Å². The Kier molecular flexibility index (Phi) is 1.96. The normalized spacial score (nSPS) is 9.92. The molecule has 1 N–H and O–H groups in total. The third-order valence-corrected chi connectivity index (χ3v) is 1.67. The third kappa shape index (κ3) is 1.51. The zero-order valence-electron chi connectivity index (χ0n) is 7.19. The van der Waals surface area contributed by atoms with E-state index in [9.17, 15) is 0 Å². The van der Waals surface area contributed by atoms with Crippen LogP contribution in [0.25, 0.3) is 11.4 Å². The minimum absolute atomic E-state index is 0.429. The lowest BCUT2D eigenvalue weighted by Crippen LogP contribution is -1.86. The van der Waals surface area contributed by atoms with Gasteiger partial charge in [-0.05, 0) is 0 Å². The molecule has 4 nitrogen and oxygen atoms in total. The average molecular weight is 175 g/mol. The molecule has 0 atom stereocenters. The SMILES string of the molecule is CNc1nc(-c2ccccc2)no1. The van der Waals surface area contributed by atoms with Crippen molar-refractivity contribution in [2.24, 2.45) is 0 Å². The maximum atomic E-state index is 4.90. The van der Waals surface area contributed by atoms with E-state index < -0.39 is 0 Å². The molecule has 13 heavy (non-hydrogen) atoms. The zero-order valence-corrected chi connectivity index (χ0v) is 7.19. The number of benzene rings is 1. The largest absolute Gasteiger partial charge is 0.341 e. The lowest BCUT2D eigenvalue weighted by atomic mass is 10.2. The van der Waals surface area contributed by atoms with Crippen LogP contribution in [0.15, 0.2) is 34.9 Å². The summed E-state index contributed by atoms with van der Waals surface area (Å²) in [6.45, 7) is 0. The van der Waals surface area contributed by atoms with Crippen LogP contribution in [-0.2, 0) is 0 Å². The van der Waals surface area contributed by atoms with Gasteiger partial charge in [0, 0.05) is 12.6 Å². The summed E-state index contributed by atoms with van der Waals surface area (Å²) in [6.07, 6.45) is 0. The Morgan fingerprint density at radius 2 is 2.00 bits per heavy atom. The molecule has 1 heterocycles. The number of rotatable bonds is 2. The van der Waals surface area contributed by atoms with Crippen LogP contribution in [0.4, 0.5) is 6.01 Å². The molecule has 1 aromatic carbocycles. The van der Waals surface area contributed by atoms with E-state index in [0.29, 0.717) is 11.8 Å². The first-order valence-electron chi connectivity index (χ1n) is 3.97. The van der Waals surface area contributed by atoms with Crippen LogP contribution in [0.2, 0.25) is 0 Å². The van der Waals surface area contributed by atoms with Crippen LogP contribution in [0.3, 0.4) is 0 Å². The summed E-state index contributed by atoms with van der Waals surface area (Å²) >= 11 is 0. The van der Waals surface area contributed by atoms with E-state index in [2.05, 4.69) is 15.5 Å². The molecule has 4 heteroatoms. The topological polar surface area (TPSA) is 51.0 Å². The standard InChI is InChI=1S/C9H9N3O/c1-10-9-11-8(12-13-9)7-5-3-2-4-6-7/h2-6H,1H3,(H,10,11,12). The summed E-state index contributed by atoms with van der Waals surface area (Å²) in [6, 6.07) is 10.1. The summed E-state index contributed by atoms with van der Waals surface area (Å²) in [5, 5.41) is 6.59. The minimum atomic E-state index is 0.429. The van der Waals surface area contributed by atoms with Crippen molar-refractivity contribution < 1.29 is 4.52 Å². The molecule has 0 fully saturated rings. The smallest absolute Gasteiger partial charge is 0.321 e. The van der Waals surface area contributed by atoms with Gasteiger partial charge < -0.3 is 9.84 Å². The van der Waals surface area contributed by atoms with Gasteiger partial charge in [0.15, 0.2) is 0 Å². The first-order valence-corrected chi connectivity index (χ1v) is 3.97. The lowest BCUT2D eigenvalue weighted by molar-refractivity contribution is 0.434. The van der Waals surface area contributed by atoms with Crippen LogP contribution in [0.5, 0.6) is 0 Å². The van der Waals surface area contributed by atoms with Crippen LogP contribution >= 0.6 is 0 Å². The molecule has 0 aliphatic carbocycles. The number of aromatic nitrogens is 2. The first-order chi connectivity index (χ1) is 6.40. The van der Waals surface area contributed by atoms with E-state index in [1.807, 2.05) is 30.3 Å². The molecule has 0 bridgehead atoms. The Hall–Kier alpha value is -1.84. The van der Waals surface area contributed by atoms with Crippen molar-refractivity contribution in [3.05, 3.63) is 30.3 Å². The molecular formula is C9H9N3O. The predicted octanol–water partition coefficient (Wildman–Crippen LogP) is 1.78. The maximum absolute atomic E-state index is 4.90. The van der Waals surface area contributed by atoms with Crippen molar-refractivity contribution in [1.29, 1.82) is 0 Å². The summed E-state index contributed by atoms with van der Waals surface area (Å²) in [5.74, 6) is 0.602. The number of hydrogen-bond donors (Lipinski definition) is 1. The van der Waals surface area contributed by atoms with Gasteiger partial charge in [0.2, 0.25) is 5.82 Å². The Balaban J connectivity index is 2.36. The quantitative estimate of drug-likeness (QED) is 0.755. The molecule has 0 spiro atoms. The van der Waals surface area contributed by atoms with E-state index in [0.717, 1.165) is 5.56 Å². The second-order valence-electron chi connectivity index (χ2n) is 2.54. The van der Waals surface area contributed by atoms with Gasteiger partial charge in [-0.3, -0.25) is 0 Å². The van der Waals surface area contributed by atoms with Crippen molar-refractivity contribution >= 4 is 6.01 Å². The molecule has 0 radical (unpaired) electrons. The Labute approximate surface area is 75.6 Å². The number of hydrogen-bond acceptors (Lipinski definition) is 4. The van der Waals surface area contributed by atoms with Gasteiger partial charge in [-0.2, -0.15) is 4.98 Å². The summed E-state index contributed by atoms with van der Waals surface area (Å²) in [7, 11) is 1.74. The molecule has 2 rings (SSSR count). The average Bonchev–Trinajstić information content (AvgIpc) is 2.67. The number of anilines is 1. The summed E-state index contributed by atoms with van der Waals surface area (Å²) in [4.78, 5) is 4.11. The van der Waals surface area contributed by atoms with Crippen molar-refractivity contribution in [3.63, 3.8) is 0 Å². The van der Waals surface area contributed by atoms with Crippen molar-refractivity contribution in [3.8, 4) is 11.4 Å². The number of nitrogens with one attached hydrogen (secondary N) is 1. The highest BCUT2D eigenvalue weighted by atomic mass is 16.5. The summed E-state index contributed by atoms with van der Waals surface area (Å²) < 4.78 is 4.90. The first kappa shape index (κ1) is 7.79. The van der Waals surface area contributed by atoms with Crippen LogP contribution in [-0.4, -0.2) is 17.2 Å². The predicted molar refractivity (Wildman–Crippen MR) is 49.3 cm³/mol. The fourth-order valence-corrected chi connectivity index (χ4v) is 1.03. The monoisotopic (exact) mass is 175 g/mol. The zero-order chi connectivity index (χ0) is 9.10. The highest BCUT2D eigenvalue weighted by Gasteiger charge is 2.05. The molecule has 0 aliphatic heterocycles. The fraction of sp³-hybridized carbons (Fsp3) is 0.111. The van der Waals surface area contributed by atoms with E-state index in [1.165, 1.54) is 0 Å². The van der Waals surface area contributed by atoms with E-state index in [1.54, 1.807) is 7.05 Å². The molecule has 0 saturated carbocycles. The van der Waals surface area contributed by atoms with Gasteiger partial charge in [0.05, 0.1) is 0 Å². The van der Waals surface area contributed by atoms with E-state index in [-0.39, 0.29) is 0 Å². The van der Waals surface area contributed by atoms with Crippen LogP contribution in [0.1, 0.15) is 0 Å². The molecule has 66 valence electrons. The van der Waals surface area contributed by atoms with Gasteiger partial charge in [-0.1, -0.05) is 35.5 Å². The highest BCUT2D eigenvalue weighted by molar-refractivity contribution is 5.54. The van der Waals surface area contributed by atoms with Crippen molar-refractivity contribution in [1.82, 2.24) is 10.1 Å². The second kappa shape index (κ2) is 3.26. The fourth-order valence-electron chi connectivity index (χ4n) is 1.03. The van der Waals surface area contributed by atoms with Crippen LogP contribution < -0.4 is 5.32 Å².